The average molecular weight is 641 g/mol. The van der Waals surface area contributed by atoms with Crippen LogP contribution in [0.2, 0.25) is 0 Å². The monoisotopic (exact) mass is 640 g/mol. The van der Waals surface area contributed by atoms with Crippen molar-refractivity contribution in [2.45, 2.75) is 146 Å². The van der Waals surface area contributed by atoms with Crippen molar-refractivity contribution in [2.75, 3.05) is 20.3 Å². The molecule has 0 spiro atoms. The van der Waals surface area contributed by atoms with Gasteiger partial charge in [-0.05, 0) is 57.6 Å². The lowest BCUT2D eigenvalue weighted by atomic mass is 9.75. The normalized spacial score (nSPS) is 39.5. The number of carbonyl (C=O) groups excluding carboxylic acids is 2. The first-order valence-corrected chi connectivity index (χ1v) is 16.3. The molecule has 6 bridgehead atoms. The number of methoxy groups -OCH3 is 1. The molecule has 0 aromatic heterocycles. The lowest BCUT2D eigenvalue weighted by Gasteiger charge is -2.50. The molecular weight excluding hydrogens is 588 g/mol. The highest BCUT2D eigenvalue weighted by Gasteiger charge is 2.55. The topological polar surface area (TPSA) is 159 Å². The summed E-state index contributed by atoms with van der Waals surface area (Å²) < 4.78 is 41.5. The van der Waals surface area contributed by atoms with Gasteiger partial charge in [0.15, 0.2) is 6.29 Å². The van der Waals surface area contributed by atoms with Crippen molar-refractivity contribution in [3.05, 3.63) is 23.8 Å². The van der Waals surface area contributed by atoms with E-state index in [1.807, 2.05) is 0 Å². The van der Waals surface area contributed by atoms with Gasteiger partial charge in [-0.25, -0.2) is 0 Å². The molecule has 2 saturated heterocycles. The van der Waals surface area contributed by atoms with Crippen molar-refractivity contribution >= 4 is 11.9 Å². The molecule has 4 aliphatic rings. The number of ether oxygens (including phenoxy) is 7. The number of fused-ring (bicyclic) bond motifs is 6. The Labute approximate surface area is 266 Å². The smallest absolute Gasteiger partial charge is 0.309 e. The molecule has 0 aromatic rings. The van der Waals surface area contributed by atoms with Crippen LogP contribution in [0.1, 0.15) is 85.5 Å². The van der Waals surface area contributed by atoms with E-state index in [1.54, 1.807) is 39.0 Å². The first kappa shape index (κ1) is 35.9. The average Bonchev–Trinajstić information content (AvgIpc) is 2.97. The SMILES string of the molecule is CCO[C@H]1C(CC(=O)OC)=C[C@H]2C[C@H]([C@@H](C)O)OC(=O)C[C@H](O)C[C@@H]3CCC[C@H](C[C@@H]4CCO[C@H](/C=C/C(C)(C)[C@]1(O)O2)O4)O3. The Balaban J connectivity index is 1.70. The molecule has 4 aliphatic heterocycles. The van der Waals surface area contributed by atoms with Crippen molar-refractivity contribution in [2.24, 2.45) is 5.41 Å². The number of cyclic esters (lactones) is 1. The van der Waals surface area contributed by atoms with Gasteiger partial charge in [-0.2, -0.15) is 0 Å². The van der Waals surface area contributed by atoms with Crippen LogP contribution in [0.5, 0.6) is 0 Å². The third-order valence-corrected chi connectivity index (χ3v) is 9.16. The molecular formula is C33H52O12. The van der Waals surface area contributed by atoms with Crippen LogP contribution < -0.4 is 0 Å². The third-order valence-electron chi connectivity index (χ3n) is 9.16. The summed E-state index contributed by atoms with van der Waals surface area (Å²) in [7, 11) is 1.28. The molecule has 4 heterocycles. The highest BCUT2D eigenvalue weighted by molar-refractivity contribution is 5.73. The number of carbonyl (C=O) groups is 2. The van der Waals surface area contributed by atoms with Gasteiger partial charge in [-0.3, -0.25) is 9.59 Å². The third kappa shape index (κ3) is 9.35. The molecule has 0 aromatic carbocycles. The molecule has 2 fully saturated rings. The van der Waals surface area contributed by atoms with Gasteiger partial charge < -0.3 is 48.5 Å². The van der Waals surface area contributed by atoms with Gasteiger partial charge in [-0.15, -0.1) is 0 Å². The van der Waals surface area contributed by atoms with Crippen LogP contribution in [-0.4, -0.2) is 108 Å². The number of rotatable bonds is 5. The number of hydrogen-bond acceptors (Lipinski definition) is 12. The molecule has 4 rings (SSSR count). The second-order valence-electron chi connectivity index (χ2n) is 13.2. The Kier molecular flexibility index (Phi) is 12.6. The molecule has 45 heavy (non-hydrogen) atoms. The lowest BCUT2D eigenvalue weighted by molar-refractivity contribution is -0.319. The lowest BCUT2D eigenvalue weighted by Crippen LogP contribution is -2.61. The minimum absolute atomic E-state index is 0.0327. The first-order chi connectivity index (χ1) is 21.3. The van der Waals surface area contributed by atoms with Gasteiger partial charge in [0.1, 0.15) is 12.2 Å². The van der Waals surface area contributed by atoms with Crippen LogP contribution in [0, 0.1) is 5.41 Å². The fraction of sp³-hybridized carbons (Fsp3) is 0.818. The van der Waals surface area contributed by atoms with Crippen molar-refractivity contribution < 1.29 is 58.1 Å². The largest absolute Gasteiger partial charge is 0.469 e. The fourth-order valence-electron chi connectivity index (χ4n) is 6.60. The van der Waals surface area contributed by atoms with Gasteiger partial charge in [0.05, 0.1) is 63.2 Å². The molecule has 0 saturated carbocycles. The van der Waals surface area contributed by atoms with E-state index in [9.17, 15) is 24.9 Å². The number of esters is 2. The summed E-state index contributed by atoms with van der Waals surface area (Å²) in [4.78, 5) is 25.4. The van der Waals surface area contributed by atoms with Gasteiger partial charge in [0.25, 0.3) is 0 Å². The van der Waals surface area contributed by atoms with Crippen LogP contribution in [0.25, 0.3) is 0 Å². The van der Waals surface area contributed by atoms with Crippen molar-refractivity contribution in [1.82, 2.24) is 0 Å². The first-order valence-electron chi connectivity index (χ1n) is 16.3. The second kappa shape index (κ2) is 15.8. The van der Waals surface area contributed by atoms with Crippen LogP contribution in [0.3, 0.4) is 0 Å². The molecule has 10 atom stereocenters. The second-order valence-corrected chi connectivity index (χ2v) is 13.2. The number of hydrogen-bond donors (Lipinski definition) is 3. The van der Waals surface area contributed by atoms with E-state index in [1.165, 1.54) is 14.0 Å². The molecule has 0 aliphatic carbocycles. The minimum atomic E-state index is -2.01. The van der Waals surface area contributed by atoms with Crippen LogP contribution >= 0.6 is 0 Å². The predicted octanol–water partition coefficient (Wildman–Crippen LogP) is 2.85. The van der Waals surface area contributed by atoms with Crippen molar-refractivity contribution in [1.29, 1.82) is 0 Å². The van der Waals surface area contributed by atoms with Gasteiger partial charge in [0.2, 0.25) is 5.79 Å². The van der Waals surface area contributed by atoms with E-state index in [2.05, 4.69) is 0 Å². The molecule has 0 unspecified atom stereocenters. The van der Waals surface area contributed by atoms with E-state index < -0.39 is 60.0 Å². The Morgan fingerprint density at radius 1 is 1.11 bits per heavy atom. The summed E-state index contributed by atoms with van der Waals surface area (Å²) in [6, 6.07) is 0. The van der Waals surface area contributed by atoms with E-state index in [0.717, 1.165) is 19.3 Å². The van der Waals surface area contributed by atoms with Crippen molar-refractivity contribution in [3.8, 4) is 0 Å². The summed E-state index contributed by atoms with van der Waals surface area (Å²) in [6.45, 7) is 7.54. The van der Waals surface area contributed by atoms with Gasteiger partial charge >= 0.3 is 11.9 Å². The molecule has 12 nitrogen and oxygen atoms in total. The highest BCUT2D eigenvalue weighted by atomic mass is 16.7. The zero-order chi connectivity index (χ0) is 32.8. The van der Waals surface area contributed by atoms with E-state index in [-0.39, 0.29) is 50.6 Å². The molecule has 0 amide bonds. The Hall–Kier alpha value is -1.90. The maximum Gasteiger partial charge on any atom is 0.309 e. The molecule has 256 valence electrons. The zero-order valence-electron chi connectivity index (χ0n) is 27.2. The Bertz CT molecular complexity index is 1060. The Morgan fingerprint density at radius 3 is 2.51 bits per heavy atom. The van der Waals surface area contributed by atoms with Crippen LogP contribution in [0.4, 0.5) is 0 Å². The molecule has 12 heteroatoms. The summed E-state index contributed by atoms with van der Waals surface area (Å²) in [5.74, 6) is -3.21. The van der Waals surface area contributed by atoms with E-state index in [0.29, 0.717) is 25.0 Å². The van der Waals surface area contributed by atoms with Gasteiger partial charge in [0, 0.05) is 24.9 Å². The maximum atomic E-state index is 12.9. The van der Waals surface area contributed by atoms with Crippen molar-refractivity contribution in [3.63, 3.8) is 0 Å². The number of aliphatic hydroxyl groups excluding tert-OH is 2. The quantitative estimate of drug-likeness (QED) is 0.298. The highest BCUT2D eigenvalue weighted by Crippen LogP contribution is 2.45. The minimum Gasteiger partial charge on any atom is -0.469 e. The standard InChI is InChI=1S/C33H52O12/c1-6-40-31-21(15-28(36)39-5)14-26-19-27(20(2)34)44-29(37)17-22(35)16-23-8-7-9-24(42-23)18-25-11-13-41-30(43-25)10-12-32(3,4)33(31,38)45-26/h10,12,14,20,22-27,30-31,34-35,38H,6-9,11,13,15-19H2,1-5H3/b12-10+/t20-,22-,23+,24-,25+,26+,27-,30+,31+,33-/m1/s1. The summed E-state index contributed by atoms with van der Waals surface area (Å²) >= 11 is 0. The molecule has 0 radical (unpaired) electrons. The van der Waals surface area contributed by atoms with Crippen LogP contribution in [0.15, 0.2) is 23.8 Å². The van der Waals surface area contributed by atoms with E-state index in [4.69, 9.17) is 33.2 Å². The number of aliphatic hydroxyl groups is 3. The summed E-state index contributed by atoms with van der Waals surface area (Å²) in [5, 5.41) is 33.7. The predicted molar refractivity (Wildman–Crippen MR) is 161 cm³/mol. The Morgan fingerprint density at radius 2 is 1.82 bits per heavy atom. The maximum absolute atomic E-state index is 12.9. The summed E-state index contributed by atoms with van der Waals surface area (Å²) in [5.41, 5.74) is -0.684. The zero-order valence-corrected chi connectivity index (χ0v) is 27.2. The van der Waals surface area contributed by atoms with Crippen LogP contribution in [-0.2, 0) is 42.7 Å². The van der Waals surface area contributed by atoms with Gasteiger partial charge in [-0.1, -0.05) is 26.0 Å². The van der Waals surface area contributed by atoms with E-state index >= 15 is 0 Å². The summed E-state index contributed by atoms with van der Waals surface area (Å²) in [6.07, 6.45) is 2.97. The molecule has 3 N–H and O–H groups in total. The fourth-order valence-corrected chi connectivity index (χ4v) is 6.60.